The highest BCUT2D eigenvalue weighted by molar-refractivity contribution is 6.01. The van der Waals surface area contributed by atoms with E-state index >= 15 is 0 Å². The largest absolute Gasteiger partial charge is 0.471 e. The van der Waals surface area contributed by atoms with Crippen LogP contribution in [0.5, 0.6) is 5.75 Å². The van der Waals surface area contributed by atoms with Crippen LogP contribution in [0.3, 0.4) is 0 Å². The fourth-order valence-electron chi connectivity index (χ4n) is 2.77. The Bertz CT molecular complexity index is 1100. The van der Waals surface area contributed by atoms with Gasteiger partial charge in [0, 0.05) is 6.20 Å². The van der Waals surface area contributed by atoms with Crippen molar-refractivity contribution in [2.75, 3.05) is 5.32 Å². The monoisotopic (exact) mass is 388 g/mol. The predicted molar refractivity (Wildman–Crippen MR) is 108 cm³/mol. The number of hydrogen-bond donors (Lipinski definition) is 1. The van der Waals surface area contributed by atoms with Crippen LogP contribution in [0.2, 0.25) is 0 Å². The van der Waals surface area contributed by atoms with Crippen molar-refractivity contribution in [2.45, 2.75) is 20.2 Å². The lowest BCUT2D eigenvalue weighted by molar-refractivity contribution is 0.101. The fourth-order valence-corrected chi connectivity index (χ4v) is 2.77. The fraction of sp³-hybridized carbons (Fsp3) is 0.143. The van der Waals surface area contributed by atoms with Crippen LogP contribution in [-0.4, -0.2) is 30.5 Å². The van der Waals surface area contributed by atoms with Crippen molar-refractivity contribution in [2.24, 2.45) is 0 Å². The molecule has 0 unspecified atom stereocenters. The van der Waals surface area contributed by atoms with Crippen LogP contribution in [-0.2, 0) is 13.3 Å². The van der Waals surface area contributed by atoms with Gasteiger partial charge in [-0.25, -0.2) is 14.3 Å². The molecule has 0 fully saturated rings. The van der Waals surface area contributed by atoms with Crippen molar-refractivity contribution in [1.82, 2.24) is 24.5 Å². The highest BCUT2D eigenvalue weighted by atomic mass is 16.5. The minimum atomic E-state index is -0.378. The van der Waals surface area contributed by atoms with Crippen LogP contribution in [0, 0.1) is 6.92 Å². The molecular formula is C21H20N6O2. The van der Waals surface area contributed by atoms with E-state index in [-0.39, 0.29) is 24.3 Å². The van der Waals surface area contributed by atoms with Crippen LogP contribution in [0.15, 0.2) is 73.2 Å². The maximum atomic E-state index is 12.4. The molecule has 146 valence electrons. The summed E-state index contributed by atoms with van der Waals surface area (Å²) in [5.74, 6) is 0.635. The predicted octanol–water partition coefficient (Wildman–Crippen LogP) is 3.12. The number of para-hydroxylation sites is 1. The van der Waals surface area contributed by atoms with E-state index in [4.69, 9.17) is 4.74 Å². The number of aromatic nitrogens is 5. The third-order valence-corrected chi connectivity index (χ3v) is 4.27. The van der Waals surface area contributed by atoms with Crippen LogP contribution in [0.1, 0.15) is 21.6 Å². The Balaban J connectivity index is 1.34. The lowest BCUT2D eigenvalue weighted by atomic mass is 10.2. The molecule has 2 aromatic heterocycles. The van der Waals surface area contributed by atoms with Crippen LogP contribution < -0.4 is 10.1 Å². The zero-order valence-electron chi connectivity index (χ0n) is 15.9. The van der Waals surface area contributed by atoms with Crippen molar-refractivity contribution in [3.8, 4) is 5.75 Å². The van der Waals surface area contributed by atoms with E-state index in [1.807, 2.05) is 61.5 Å². The Morgan fingerprint density at radius 2 is 1.79 bits per heavy atom. The van der Waals surface area contributed by atoms with Crippen LogP contribution >= 0.6 is 0 Å². The summed E-state index contributed by atoms with van der Waals surface area (Å²) < 4.78 is 8.96. The van der Waals surface area contributed by atoms with E-state index in [2.05, 4.69) is 20.5 Å². The minimum absolute atomic E-state index is 0.210. The summed E-state index contributed by atoms with van der Waals surface area (Å²) >= 11 is 0. The Hall–Kier alpha value is -3.94. The van der Waals surface area contributed by atoms with E-state index < -0.39 is 0 Å². The number of carbonyl (C=O) groups is 1. The first-order valence-electron chi connectivity index (χ1n) is 9.14. The number of rotatable bonds is 7. The lowest BCUT2D eigenvalue weighted by Gasteiger charge is -2.08. The zero-order chi connectivity index (χ0) is 20.1. The van der Waals surface area contributed by atoms with Gasteiger partial charge in [0.1, 0.15) is 12.1 Å². The van der Waals surface area contributed by atoms with Gasteiger partial charge < -0.3 is 4.74 Å². The number of nitrogens with one attached hydrogen (secondary N) is 1. The van der Waals surface area contributed by atoms with Gasteiger partial charge in [-0.05, 0) is 30.2 Å². The standard InChI is InChI=1S/C21H20N6O2/c1-16-7-5-6-10-19(16)29-15-26-12-11-18(24-26)20(28)23-21-22-14-27(25-21)13-17-8-3-2-4-9-17/h2-12,14H,13,15H2,1H3,(H,23,25,28). The topological polar surface area (TPSA) is 86.9 Å². The molecule has 2 heterocycles. The van der Waals surface area contributed by atoms with E-state index in [9.17, 15) is 4.79 Å². The summed E-state index contributed by atoms with van der Waals surface area (Å²) in [6.07, 6.45) is 3.27. The molecule has 4 aromatic rings. The SMILES string of the molecule is Cc1ccccc1OCn1ccc(C(=O)Nc2ncn(Cc3ccccc3)n2)n1. The second kappa shape index (κ2) is 8.39. The summed E-state index contributed by atoms with van der Waals surface area (Å²) in [5, 5.41) is 11.2. The van der Waals surface area contributed by atoms with E-state index in [1.165, 1.54) is 0 Å². The van der Waals surface area contributed by atoms with E-state index in [0.717, 1.165) is 16.9 Å². The molecule has 0 aliphatic carbocycles. The van der Waals surface area contributed by atoms with Gasteiger partial charge in [-0.2, -0.15) is 5.10 Å². The molecule has 0 radical (unpaired) electrons. The average molecular weight is 388 g/mol. The van der Waals surface area contributed by atoms with Gasteiger partial charge in [-0.3, -0.25) is 10.1 Å². The quantitative estimate of drug-likeness (QED) is 0.526. The summed E-state index contributed by atoms with van der Waals surface area (Å²) in [5.41, 5.74) is 2.40. The minimum Gasteiger partial charge on any atom is -0.471 e. The Labute approximate surface area is 167 Å². The molecule has 29 heavy (non-hydrogen) atoms. The number of amides is 1. The highest BCUT2D eigenvalue weighted by Crippen LogP contribution is 2.16. The Morgan fingerprint density at radius 1 is 1.00 bits per heavy atom. The molecule has 8 heteroatoms. The molecule has 0 atom stereocenters. The number of anilines is 1. The molecular weight excluding hydrogens is 368 g/mol. The second-order valence-corrected chi connectivity index (χ2v) is 6.48. The molecule has 0 saturated carbocycles. The zero-order valence-corrected chi connectivity index (χ0v) is 15.9. The summed E-state index contributed by atoms with van der Waals surface area (Å²) in [7, 11) is 0. The lowest BCUT2D eigenvalue weighted by Crippen LogP contribution is -2.15. The number of hydrogen-bond acceptors (Lipinski definition) is 5. The third-order valence-electron chi connectivity index (χ3n) is 4.27. The van der Waals surface area contributed by atoms with Crippen molar-refractivity contribution < 1.29 is 9.53 Å². The van der Waals surface area contributed by atoms with E-state index in [1.54, 1.807) is 28.0 Å². The van der Waals surface area contributed by atoms with Gasteiger partial charge in [-0.1, -0.05) is 48.5 Å². The molecule has 4 rings (SSSR count). The van der Waals surface area contributed by atoms with Crippen LogP contribution in [0.25, 0.3) is 0 Å². The number of aryl methyl sites for hydroxylation is 1. The molecule has 0 aliphatic rings. The summed E-state index contributed by atoms with van der Waals surface area (Å²) in [6, 6.07) is 19.3. The molecule has 1 amide bonds. The third kappa shape index (κ3) is 4.67. The Morgan fingerprint density at radius 3 is 2.62 bits per heavy atom. The maximum Gasteiger partial charge on any atom is 0.278 e. The molecule has 0 aliphatic heterocycles. The number of ether oxygens (including phenoxy) is 1. The van der Waals surface area contributed by atoms with Gasteiger partial charge in [0.2, 0.25) is 5.95 Å². The molecule has 1 N–H and O–H groups in total. The maximum absolute atomic E-state index is 12.4. The smallest absolute Gasteiger partial charge is 0.278 e. The average Bonchev–Trinajstić information content (AvgIpc) is 3.38. The first-order chi connectivity index (χ1) is 14.2. The number of nitrogens with zero attached hydrogens (tertiary/aromatic N) is 5. The van der Waals surface area contributed by atoms with Gasteiger partial charge in [-0.15, -0.1) is 5.10 Å². The molecule has 2 aromatic carbocycles. The highest BCUT2D eigenvalue weighted by Gasteiger charge is 2.13. The van der Waals surface area contributed by atoms with Crippen molar-refractivity contribution >= 4 is 11.9 Å². The van der Waals surface area contributed by atoms with Crippen molar-refractivity contribution in [1.29, 1.82) is 0 Å². The van der Waals surface area contributed by atoms with Gasteiger partial charge in [0.05, 0.1) is 6.54 Å². The first-order valence-corrected chi connectivity index (χ1v) is 9.14. The molecule has 0 bridgehead atoms. The summed E-state index contributed by atoms with van der Waals surface area (Å²) in [4.78, 5) is 16.5. The van der Waals surface area contributed by atoms with E-state index in [0.29, 0.717) is 6.54 Å². The Kier molecular flexibility index (Phi) is 5.33. The first kappa shape index (κ1) is 18.4. The molecule has 8 nitrogen and oxygen atoms in total. The van der Waals surface area contributed by atoms with Gasteiger partial charge >= 0.3 is 0 Å². The normalized spacial score (nSPS) is 10.7. The molecule has 0 saturated heterocycles. The van der Waals surface area contributed by atoms with Gasteiger partial charge in [0.25, 0.3) is 5.91 Å². The molecule has 0 spiro atoms. The van der Waals surface area contributed by atoms with Crippen LogP contribution in [0.4, 0.5) is 5.95 Å². The number of benzene rings is 2. The van der Waals surface area contributed by atoms with Crippen molar-refractivity contribution in [3.05, 3.63) is 90.0 Å². The number of carbonyl (C=O) groups excluding carboxylic acids is 1. The van der Waals surface area contributed by atoms with Crippen molar-refractivity contribution in [3.63, 3.8) is 0 Å². The second-order valence-electron chi connectivity index (χ2n) is 6.48. The van der Waals surface area contributed by atoms with Gasteiger partial charge in [0.15, 0.2) is 12.4 Å². The summed E-state index contributed by atoms with van der Waals surface area (Å²) in [6.45, 7) is 2.76.